The summed E-state index contributed by atoms with van der Waals surface area (Å²) in [5.41, 5.74) is 1.63. The molecule has 2 rings (SSSR count). The third-order valence-corrected chi connectivity index (χ3v) is 2.15. The molecule has 0 saturated heterocycles. The molecular weight excluding hydrogens is 176 g/mol. The van der Waals surface area contributed by atoms with Crippen molar-refractivity contribution in [1.29, 1.82) is 0 Å². The van der Waals surface area contributed by atoms with Gasteiger partial charge in [-0.15, -0.1) is 0 Å². The lowest BCUT2D eigenvalue weighted by atomic mass is 10.1. The van der Waals surface area contributed by atoms with Gasteiger partial charge < -0.3 is 4.74 Å². The smallest absolute Gasteiger partial charge is 0.190 e. The number of hydrogen-bond donors (Lipinski definition) is 0. The zero-order chi connectivity index (χ0) is 9.97. The van der Waals surface area contributed by atoms with Crippen LogP contribution in [0.5, 0.6) is 0 Å². The Morgan fingerprint density at radius 1 is 1.07 bits per heavy atom. The Morgan fingerprint density at radius 2 is 1.79 bits per heavy atom. The van der Waals surface area contributed by atoms with Crippen LogP contribution in [0, 0.1) is 0 Å². The van der Waals surface area contributed by atoms with E-state index in [1.54, 1.807) is 13.2 Å². The highest BCUT2D eigenvalue weighted by atomic mass is 16.5. The normalized spacial score (nSPS) is 15.1. The van der Waals surface area contributed by atoms with Gasteiger partial charge in [0.25, 0.3) is 0 Å². The summed E-state index contributed by atoms with van der Waals surface area (Å²) in [5.74, 6) is 0.627. The molecule has 1 aromatic rings. The average molecular weight is 186 g/mol. The van der Waals surface area contributed by atoms with Crippen LogP contribution in [0.15, 0.2) is 48.2 Å². The fourth-order valence-corrected chi connectivity index (χ4v) is 1.42. The summed E-state index contributed by atoms with van der Waals surface area (Å²) in [6, 6.07) is 9.57. The van der Waals surface area contributed by atoms with Gasteiger partial charge in [0.2, 0.25) is 0 Å². The van der Waals surface area contributed by atoms with Gasteiger partial charge in [0.1, 0.15) is 5.76 Å². The summed E-state index contributed by atoms with van der Waals surface area (Å²) in [6.45, 7) is 0. The minimum Gasteiger partial charge on any atom is -0.497 e. The first-order valence-electron chi connectivity index (χ1n) is 4.38. The molecule has 0 fully saturated rings. The molecule has 0 N–H and O–H groups in total. The third kappa shape index (κ3) is 1.46. The molecule has 70 valence electrons. The minimum absolute atomic E-state index is 0.00745. The fourth-order valence-electron chi connectivity index (χ4n) is 1.42. The summed E-state index contributed by atoms with van der Waals surface area (Å²) >= 11 is 0. The van der Waals surface area contributed by atoms with Crippen molar-refractivity contribution in [3.05, 3.63) is 53.8 Å². The number of carbonyl (C=O) groups is 1. The van der Waals surface area contributed by atoms with Crippen molar-refractivity contribution < 1.29 is 9.53 Å². The number of carbonyl (C=O) groups excluding carboxylic acids is 1. The largest absolute Gasteiger partial charge is 0.497 e. The van der Waals surface area contributed by atoms with Gasteiger partial charge in [0.15, 0.2) is 5.78 Å². The summed E-state index contributed by atoms with van der Waals surface area (Å²) in [6.07, 6.45) is 3.26. The van der Waals surface area contributed by atoms with E-state index in [1.165, 1.54) is 6.08 Å². The second kappa shape index (κ2) is 3.50. The number of hydrogen-bond acceptors (Lipinski definition) is 2. The Hall–Kier alpha value is -1.83. The van der Waals surface area contributed by atoms with E-state index < -0.39 is 0 Å². The maximum atomic E-state index is 11.5. The van der Waals surface area contributed by atoms with E-state index in [1.807, 2.05) is 30.3 Å². The molecule has 0 radical (unpaired) electrons. The quantitative estimate of drug-likeness (QED) is 0.707. The minimum atomic E-state index is 0.00745. The molecule has 0 atom stereocenters. The molecule has 0 aromatic heterocycles. The van der Waals surface area contributed by atoms with Crippen LogP contribution in [-0.4, -0.2) is 12.9 Å². The lowest BCUT2D eigenvalue weighted by molar-refractivity contribution is -0.109. The lowest BCUT2D eigenvalue weighted by Gasteiger charge is -1.98. The molecule has 14 heavy (non-hydrogen) atoms. The monoisotopic (exact) mass is 186 g/mol. The molecule has 2 heteroatoms. The van der Waals surface area contributed by atoms with Crippen molar-refractivity contribution in [2.24, 2.45) is 0 Å². The standard InChI is InChI=1S/C12H10O2/c1-14-10-7-11(12(13)8-10)9-5-3-2-4-6-9/h2-8H,1H3. The predicted octanol–water partition coefficient (Wildman–Crippen LogP) is 2.18. The zero-order valence-corrected chi connectivity index (χ0v) is 7.86. The first kappa shape index (κ1) is 8.75. The molecule has 0 spiro atoms. The molecule has 0 aliphatic heterocycles. The Kier molecular flexibility index (Phi) is 2.19. The van der Waals surface area contributed by atoms with Gasteiger partial charge in [-0.05, 0) is 11.6 Å². The first-order chi connectivity index (χ1) is 6.81. The first-order valence-corrected chi connectivity index (χ1v) is 4.38. The van der Waals surface area contributed by atoms with Crippen LogP contribution in [0.3, 0.4) is 0 Å². The number of methoxy groups -OCH3 is 1. The second-order valence-corrected chi connectivity index (χ2v) is 3.04. The highest BCUT2D eigenvalue weighted by Gasteiger charge is 2.17. The van der Waals surface area contributed by atoms with Crippen molar-refractivity contribution in [2.45, 2.75) is 0 Å². The molecule has 2 nitrogen and oxygen atoms in total. The Labute approximate surface area is 82.5 Å². The van der Waals surface area contributed by atoms with Gasteiger partial charge >= 0.3 is 0 Å². The summed E-state index contributed by atoms with van der Waals surface area (Å²) < 4.78 is 5.00. The van der Waals surface area contributed by atoms with Crippen LogP contribution < -0.4 is 0 Å². The van der Waals surface area contributed by atoms with Crippen LogP contribution in [0.1, 0.15) is 5.56 Å². The Bertz CT molecular complexity index is 413. The van der Waals surface area contributed by atoms with E-state index in [0.29, 0.717) is 11.3 Å². The zero-order valence-electron chi connectivity index (χ0n) is 7.86. The van der Waals surface area contributed by atoms with E-state index in [0.717, 1.165) is 5.56 Å². The predicted molar refractivity (Wildman–Crippen MR) is 54.5 cm³/mol. The Morgan fingerprint density at radius 3 is 2.36 bits per heavy atom. The summed E-state index contributed by atoms with van der Waals surface area (Å²) in [5, 5.41) is 0. The average Bonchev–Trinajstić information content (AvgIpc) is 2.61. The number of ketones is 1. The van der Waals surface area contributed by atoms with E-state index in [2.05, 4.69) is 0 Å². The molecule has 0 unspecified atom stereocenters. The van der Waals surface area contributed by atoms with Crippen molar-refractivity contribution in [1.82, 2.24) is 0 Å². The van der Waals surface area contributed by atoms with Crippen LogP contribution in [0.4, 0.5) is 0 Å². The fraction of sp³-hybridized carbons (Fsp3) is 0.0833. The second-order valence-electron chi connectivity index (χ2n) is 3.04. The molecule has 0 bridgehead atoms. The van der Waals surface area contributed by atoms with E-state index in [4.69, 9.17) is 4.74 Å². The van der Waals surface area contributed by atoms with E-state index in [9.17, 15) is 4.79 Å². The maximum absolute atomic E-state index is 11.5. The van der Waals surface area contributed by atoms with Gasteiger partial charge in [-0.3, -0.25) is 4.79 Å². The van der Waals surface area contributed by atoms with Gasteiger partial charge in [0.05, 0.1) is 7.11 Å². The van der Waals surface area contributed by atoms with Crippen LogP contribution in [0.25, 0.3) is 5.57 Å². The number of rotatable bonds is 2. The number of allylic oxidation sites excluding steroid dienone is 3. The van der Waals surface area contributed by atoms with Crippen LogP contribution >= 0.6 is 0 Å². The molecule has 0 amide bonds. The Balaban J connectivity index is 2.36. The van der Waals surface area contributed by atoms with E-state index in [-0.39, 0.29) is 5.78 Å². The molecule has 0 saturated carbocycles. The lowest BCUT2D eigenvalue weighted by Crippen LogP contribution is -1.92. The maximum Gasteiger partial charge on any atom is 0.190 e. The van der Waals surface area contributed by atoms with Crippen molar-refractivity contribution in [3.63, 3.8) is 0 Å². The SMILES string of the molecule is COC1=CC(=O)C(c2ccccc2)=C1. The molecule has 1 aliphatic carbocycles. The van der Waals surface area contributed by atoms with Gasteiger partial charge in [-0.25, -0.2) is 0 Å². The molecular formula is C12H10O2. The van der Waals surface area contributed by atoms with Gasteiger partial charge in [0, 0.05) is 11.6 Å². The highest BCUT2D eigenvalue weighted by Crippen LogP contribution is 2.23. The molecule has 1 aliphatic rings. The number of benzene rings is 1. The van der Waals surface area contributed by atoms with E-state index >= 15 is 0 Å². The third-order valence-electron chi connectivity index (χ3n) is 2.15. The molecule has 1 aromatic carbocycles. The van der Waals surface area contributed by atoms with Crippen LogP contribution in [-0.2, 0) is 9.53 Å². The van der Waals surface area contributed by atoms with Crippen molar-refractivity contribution >= 4 is 11.4 Å². The highest BCUT2D eigenvalue weighted by molar-refractivity contribution is 6.29. The summed E-state index contributed by atoms with van der Waals surface area (Å²) in [7, 11) is 1.56. The number of ether oxygens (including phenoxy) is 1. The molecule has 0 heterocycles. The van der Waals surface area contributed by atoms with Crippen molar-refractivity contribution in [3.8, 4) is 0 Å². The van der Waals surface area contributed by atoms with Crippen molar-refractivity contribution in [2.75, 3.05) is 7.11 Å². The van der Waals surface area contributed by atoms with Gasteiger partial charge in [-0.2, -0.15) is 0 Å². The summed E-state index contributed by atoms with van der Waals surface area (Å²) in [4.78, 5) is 11.5. The van der Waals surface area contributed by atoms with Gasteiger partial charge in [-0.1, -0.05) is 30.3 Å². The topological polar surface area (TPSA) is 26.3 Å². The van der Waals surface area contributed by atoms with Crippen LogP contribution in [0.2, 0.25) is 0 Å².